The molecular formula is C13H16BrN3O. The molecule has 5 heteroatoms. The van der Waals surface area contributed by atoms with Crippen LogP contribution in [0.3, 0.4) is 0 Å². The first-order chi connectivity index (χ1) is 8.69. The maximum absolute atomic E-state index is 9.04. The van der Waals surface area contributed by atoms with E-state index in [4.69, 9.17) is 10.00 Å². The van der Waals surface area contributed by atoms with E-state index < -0.39 is 0 Å². The zero-order valence-corrected chi connectivity index (χ0v) is 11.9. The largest absolute Gasteiger partial charge is 0.381 e. The third-order valence-corrected chi connectivity index (χ3v) is 3.46. The number of nitriles is 1. The molecule has 1 aromatic carbocycles. The topological polar surface area (TPSA) is 48.3 Å². The molecule has 18 heavy (non-hydrogen) atoms. The first kappa shape index (κ1) is 13.3. The van der Waals surface area contributed by atoms with Crippen LogP contribution < -0.4 is 5.32 Å². The Labute approximate surface area is 116 Å². The highest BCUT2D eigenvalue weighted by Gasteiger charge is 2.17. The summed E-state index contributed by atoms with van der Waals surface area (Å²) in [6.45, 7) is 3.39. The number of morpholine rings is 1. The number of ether oxygens (including phenoxy) is 1. The fourth-order valence-electron chi connectivity index (χ4n) is 1.97. The number of nitrogens with zero attached hydrogens (tertiary/aromatic N) is 2. The molecule has 2 rings (SSSR count). The smallest absolute Gasteiger partial charge is 0.101 e. The standard InChI is InChI=1S/C13H16BrN3O/c1-17-4-5-18-12(9-17)8-16-13-6-11(14)3-2-10(13)7-15/h2-3,6,12,16H,4-5,8-9H2,1H3. The van der Waals surface area contributed by atoms with Gasteiger partial charge in [0.1, 0.15) is 6.07 Å². The van der Waals surface area contributed by atoms with Gasteiger partial charge in [-0.15, -0.1) is 0 Å². The van der Waals surface area contributed by atoms with Gasteiger partial charge in [-0.25, -0.2) is 0 Å². The summed E-state index contributed by atoms with van der Waals surface area (Å²) >= 11 is 3.41. The molecule has 0 aliphatic carbocycles. The van der Waals surface area contributed by atoms with Crippen LogP contribution in [0.1, 0.15) is 5.56 Å². The zero-order chi connectivity index (χ0) is 13.0. The highest BCUT2D eigenvalue weighted by Crippen LogP contribution is 2.21. The average molecular weight is 310 g/mol. The Morgan fingerprint density at radius 3 is 3.17 bits per heavy atom. The van der Waals surface area contributed by atoms with Crippen LogP contribution in [-0.2, 0) is 4.74 Å². The van der Waals surface area contributed by atoms with E-state index in [1.54, 1.807) is 6.07 Å². The number of benzene rings is 1. The van der Waals surface area contributed by atoms with Crippen LogP contribution in [0.2, 0.25) is 0 Å². The van der Waals surface area contributed by atoms with Gasteiger partial charge in [0.15, 0.2) is 0 Å². The van der Waals surface area contributed by atoms with E-state index in [1.807, 2.05) is 12.1 Å². The van der Waals surface area contributed by atoms with Crippen LogP contribution >= 0.6 is 15.9 Å². The van der Waals surface area contributed by atoms with Crippen LogP contribution in [0.5, 0.6) is 0 Å². The second-order valence-electron chi connectivity index (χ2n) is 4.44. The van der Waals surface area contributed by atoms with Gasteiger partial charge in [-0.2, -0.15) is 5.26 Å². The Hall–Kier alpha value is -1.09. The highest BCUT2D eigenvalue weighted by molar-refractivity contribution is 9.10. The Bertz CT molecular complexity index is 458. The van der Waals surface area contributed by atoms with Crippen LogP contribution in [-0.4, -0.2) is 44.3 Å². The van der Waals surface area contributed by atoms with Crippen molar-refractivity contribution >= 4 is 21.6 Å². The molecular weight excluding hydrogens is 294 g/mol. The van der Waals surface area contributed by atoms with Crippen LogP contribution in [0, 0.1) is 11.3 Å². The number of nitrogens with one attached hydrogen (secondary N) is 1. The zero-order valence-electron chi connectivity index (χ0n) is 10.3. The third-order valence-electron chi connectivity index (χ3n) is 2.96. The van der Waals surface area contributed by atoms with Crippen molar-refractivity contribution in [3.05, 3.63) is 28.2 Å². The molecule has 1 saturated heterocycles. The van der Waals surface area contributed by atoms with E-state index in [1.165, 1.54) is 0 Å². The van der Waals surface area contributed by atoms with Crippen LogP contribution in [0.4, 0.5) is 5.69 Å². The van der Waals surface area contributed by atoms with Gasteiger partial charge < -0.3 is 15.0 Å². The summed E-state index contributed by atoms with van der Waals surface area (Å²) in [5.74, 6) is 0. The Balaban J connectivity index is 1.97. The van der Waals surface area contributed by atoms with Gasteiger partial charge in [0.2, 0.25) is 0 Å². The van der Waals surface area contributed by atoms with Gasteiger partial charge in [-0.05, 0) is 25.2 Å². The average Bonchev–Trinajstić information content (AvgIpc) is 2.37. The van der Waals surface area contributed by atoms with E-state index >= 15 is 0 Å². The Kier molecular flexibility index (Phi) is 4.59. The van der Waals surface area contributed by atoms with Crippen molar-refractivity contribution in [1.82, 2.24) is 4.90 Å². The van der Waals surface area contributed by atoms with E-state index in [2.05, 4.69) is 39.3 Å². The SMILES string of the molecule is CN1CCOC(CNc2cc(Br)ccc2C#N)C1. The third kappa shape index (κ3) is 3.45. The quantitative estimate of drug-likeness (QED) is 0.928. The van der Waals surface area contributed by atoms with Crippen molar-refractivity contribution in [3.8, 4) is 6.07 Å². The Morgan fingerprint density at radius 1 is 1.61 bits per heavy atom. The van der Waals surface area contributed by atoms with Gasteiger partial charge >= 0.3 is 0 Å². The number of likely N-dealkylation sites (N-methyl/N-ethyl adjacent to an activating group) is 1. The van der Waals surface area contributed by atoms with Crippen molar-refractivity contribution in [3.63, 3.8) is 0 Å². The van der Waals surface area contributed by atoms with Crippen molar-refractivity contribution < 1.29 is 4.74 Å². The van der Waals surface area contributed by atoms with E-state index in [0.29, 0.717) is 5.56 Å². The lowest BCUT2D eigenvalue weighted by molar-refractivity contribution is -0.0117. The first-order valence-corrected chi connectivity index (χ1v) is 6.72. The molecule has 1 heterocycles. The molecule has 0 saturated carbocycles. The summed E-state index contributed by atoms with van der Waals surface area (Å²) in [6.07, 6.45) is 0.175. The van der Waals surface area contributed by atoms with Crippen LogP contribution in [0.25, 0.3) is 0 Å². The van der Waals surface area contributed by atoms with Crippen molar-refractivity contribution in [2.45, 2.75) is 6.10 Å². The number of halogens is 1. The first-order valence-electron chi connectivity index (χ1n) is 5.92. The lowest BCUT2D eigenvalue weighted by Crippen LogP contribution is -2.43. The van der Waals surface area contributed by atoms with E-state index in [9.17, 15) is 0 Å². The van der Waals surface area contributed by atoms with Crippen LogP contribution in [0.15, 0.2) is 22.7 Å². The second kappa shape index (κ2) is 6.19. The molecule has 0 spiro atoms. The van der Waals surface area contributed by atoms with Crippen molar-refractivity contribution in [1.29, 1.82) is 5.26 Å². The predicted octanol–water partition coefficient (Wildman–Crippen LogP) is 2.06. The predicted molar refractivity (Wildman–Crippen MR) is 74.6 cm³/mol. The highest BCUT2D eigenvalue weighted by atomic mass is 79.9. The van der Waals surface area contributed by atoms with Crippen molar-refractivity contribution in [2.75, 3.05) is 38.6 Å². The van der Waals surface area contributed by atoms with Gasteiger partial charge in [0.25, 0.3) is 0 Å². The van der Waals surface area contributed by atoms with Gasteiger partial charge in [-0.3, -0.25) is 0 Å². The minimum absolute atomic E-state index is 0.175. The van der Waals surface area contributed by atoms with Gasteiger partial charge in [0.05, 0.1) is 24.0 Å². The lowest BCUT2D eigenvalue weighted by atomic mass is 10.2. The van der Waals surface area contributed by atoms with E-state index in [-0.39, 0.29) is 6.10 Å². The minimum Gasteiger partial charge on any atom is -0.381 e. The van der Waals surface area contributed by atoms with Gasteiger partial charge in [0, 0.05) is 24.1 Å². The monoisotopic (exact) mass is 309 g/mol. The molecule has 0 aromatic heterocycles. The molecule has 1 N–H and O–H groups in total. The lowest BCUT2D eigenvalue weighted by Gasteiger charge is -2.30. The molecule has 1 aromatic rings. The Morgan fingerprint density at radius 2 is 2.44 bits per heavy atom. The molecule has 96 valence electrons. The summed E-state index contributed by atoms with van der Waals surface area (Å²) in [5.41, 5.74) is 1.51. The molecule has 1 aliphatic rings. The normalized spacial score (nSPS) is 20.4. The fourth-order valence-corrected chi connectivity index (χ4v) is 2.34. The number of hydrogen-bond acceptors (Lipinski definition) is 4. The number of hydrogen-bond donors (Lipinski definition) is 1. The molecule has 4 nitrogen and oxygen atoms in total. The van der Waals surface area contributed by atoms with Crippen molar-refractivity contribution in [2.24, 2.45) is 0 Å². The molecule has 0 radical (unpaired) electrons. The summed E-state index contributed by atoms with van der Waals surface area (Å²) in [4.78, 5) is 2.25. The maximum atomic E-state index is 9.04. The molecule has 1 atom stereocenters. The molecule has 0 amide bonds. The molecule has 1 fully saturated rings. The molecule has 1 aliphatic heterocycles. The summed E-state index contributed by atoms with van der Waals surface area (Å²) in [7, 11) is 2.09. The summed E-state index contributed by atoms with van der Waals surface area (Å²) in [5, 5.41) is 12.3. The molecule has 1 unspecified atom stereocenters. The van der Waals surface area contributed by atoms with Gasteiger partial charge in [-0.1, -0.05) is 15.9 Å². The molecule has 0 bridgehead atoms. The fraction of sp³-hybridized carbons (Fsp3) is 0.462. The number of rotatable bonds is 3. The summed E-state index contributed by atoms with van der Waals surface area (Å²) < 4.78 is 6.64. The second-order valence-corrected chi connectivity index (χ2v) is 5.35. The minimum atomic E-state index is 0.175. The van der Waals surface area contributed by atoms with E-state index in [0.717, 1.165) is 36.4 Å². The summed E-state index contributed by atoms with van der Waals surface area (Å²) in [6, 6.07) is 7.78. The number of anilines is 1. The maximum Gasteiger partial charge on any atom is 0.101 e.